The monoisotopic (exact) mass is 916 g/mol. The Morgan fingerprint density at radius 3 is 1.12 bits per heavy atom. The van der Waals surface area contributed by atoms with Crippen molar-refractivity contribution in [3.8, 4) is 23.0 Å². The molecule has 8 rings (SSSR count). The van der Waals surface area contributed by atoms with E-state index in [9.17, 15) is 49.2 Å². The third-order valence-electron chi connectivity index (χ3n) is 13.1. The van der Waals surface area contributed by atoms with Crippen LogP contribution in [0.1, 0.15) is 164 Å². The molecule has 0 saturated heterocycles. The van der Waals surface area contributed by atoms with Crippen molar-refractivity contribution < 1.29 is 94.9 Å². The molecule has 0 spiro atoms. The number of carbonyl (C=O) groups excluding carboxylic acids is 6. The minimum absolute atomic E-state index is 0. The number of carbonyl (C=O) groups is 6. The van der Waals surface area contributed by atoms with Crippen LogP contribution in [-0.2, 0) is 19.1 Å². The number of phenolic OH excluding ortho intramolecular Hbond substituents is 4. The fourth-order valence-corrected chi connectivity index (χ4v) is 9.53. The number of benzene rings is 4. The summed E-state index contributed by atoms with van der Waals surface area (Å²) >= 11 is 0. The fraction of sp³-hybridized carbons (Fsp3) is 0.375. The van der Waals surface area contributed by atoms with E-state index >= 15 is 0 Å². The van der Waals surface area contributed by atoms with E-state index in [1.54, 1.807) is 24.3 Å². The molecule has 0 bridgehead atoms. The Labute approximate surface area is 381 Å². The lowest BCUT2D eigenvalue weighted by atomic mass is 9.81. The molecule has 4 aromatic rings. The van der Waals surface area contributed by atoms with Gasteiger partial charge in [-0.1, -0.05) is 48.5 Å². The third-order valence-corrected chi connectivity index (χ3v) is 13.1. The number of quaternary nitrogens is 2. The Kier molecular flexibility index (Phi) is 14.5. The summed E-state index contributed by atoms with van der Waals surface area (Å²) in [5.74, 6) is -6.86. The molecule has 10 N–H and O–H groups in total. The lowest BCUT2D eigenvalue weighted by Crippen LogP contribution is -3.00. The van der Waals surface area contributed by atoms with Gasteiger partial charge in [0.15, 0.2) is 23.1 Å². The van der Waals surface area contributed by atoms with E-state index in [1.165, 1.54) is 24.3 Å². The van der Waals surface area contributed by atoms with E-state index in [4.69, 9.17) is 9.47 Å². The first-order valence-corrected chi connectivity index (χ1v) is 21.4. The van der Waals surface area contributed by atoms with Crippen LogP contribution < -0.4 is 36.3 Å². The van der Waals surface area contributed by atoms with Crippen molar-refractivity contribution in [2.45, 2.75) is 101 Å². The molecule has 0 radical (unpaired) electrons. The van der Waals surface area contributed by atoms with Crippen molar-refractivity contribution in [3.05, 3.63) is 116 Å². The van der Waals surface area contributed by atoms with Gasteiger partial charge in [-0.05, 0) is 63.5 Å². The van der Waals surface area contributed by atoms with Gasteiger partial charge in [0.25, 0.3) is 0 Å². The highest BCUT2D eigenvalue weighted by Gasteiger charge is 2.40. The first-order chi connectivity index (χ1) is 29.7. The maximum absolute atomic E-state index is 13.8. The fourth-order valence-electron chi connectivity index (χ4n) is 9.53. The second-order valence-corrected chi connectivity index (χ2v) is 17.1. The van der Waals surface area contributed by atoms with E-state index in [1.807, 2.05) is 0 Å². The van der Waals surface area contributed by atoms with Crippen molar-refractivity contribution in [2.24, 2.45) is 11.8 Å². The number of aromatic hydroxyl groups is 4. The van der Waals surface area contributed by atoms with Crippen molar-refractivity contribution >= 4 is 35.1 Å². The van der Waals surface area contributed by atoms with Crippen LogP contribution in [0.4, 0.5) is 0 Å². The molecule has 2 unspecified atom stereocenters. The predicted molar refractivity (Wildman–Crippen MR) is 220 cm³/mol. The van der Waals surface area contributed by atoms with Crippen LogP contribution in [0.15, 0.2) is 60.7 Å². The van der Waals surface area contributed by atoms with Gasteiger partial charge in [-0.3, -0.25) is 28.8 Å². The molecule has 64 heavy (non-hydrogen) atoms. The predicted octanol–water partition coefficient (Wildman–Crippen LogP) is -0.902. The number of rotatable bonds is 11. The highest BCUT2D eigenvalue weighted by Crippen LogP contribution is 2.47. The molecule has 14 nitrogen and oxygen atoms in total. The van der Waals surface area contributed by atoms with Crippen molar-refractivity contribution in [1.29, 1.82) is 0 Å². The molecule has 0 aliphatic heterocycles. The normalized spacial score (nSPS) is 20.8. The average Bonchev–Trinajstić information content (AvgIpc) is 3.27. The highest BCUT2D eigenvalue weighted by atomic mass is 35.5. The zero-order valence-electron chi connectivity index (χ0n) is 34.9. The summed E-state index contributed by atoms with van der Waals surface area (Å²) in [5, 5.41) is 46.0. The first-order valence-electron chi connectivity index (χ1n) is 21.4. The lowest BCUT2D eigenvalue weighted by Gasteiger charge is -2.28. The number of hydrogen-bond acceptors (Lipinski definition) is 12. The number of unbranched alkanes of at least 4 members (excludes halogenated alkanes) is 1. The second-order valence-electron chi connectivity index (χ2n) is 17.1. The highest BCUT2D eigenvalue weighted by molar-refractivity contribution is 6.31. The van der Waals surface area contributed by atoms with Crippen LogP contribution in [0.2, 0.25) is 0 Å². The van der Waals surface area contributed by atoms with Gasteiger partial charge in [0.2, 0.25) is 0 Å². The average molecular weight is 918 g/mol. The maximum atomic E-state index is 13.8. The van der Waals surface area contributed by atoms with Crippen LogP contribution in [-0.4, -0.2) is 67.6 Å². The van der Waals surface area contributed by atoms with Crippen LogP contribution in [0.5, 0.6) is 23.0 Å². The summed E-state index contributed by atoms with van der Waals surface area (Å²) in [6.07, 6.45) is 3.24. The van der Waals surface area contributed by atoms with Gasteiger partial charge < -0.3 is 66.2 Å². The zero-order chi connectivity index (χ0) is 44.0. The Balaban J connectivity index is 0.00000340. The number of halogens is 2. The van der Waals surface area contributed by atoms with E-state index in [-0.39, 0.29) is 118 Å². The van der Waals surface area contributed by atoms with E-state index in [2.05, 4.69) is 11.5 Å². The number of fused-ring (bicyclic) bond motifs is 4. The molecule has 2 saturated carbocycles. The van der Waals surface area contributed by atoms with Gasteiger partial charge in [0, 0.05) is 59.1 Å². The molecular weight excluding hydrogens is 867 g/mol. The first kappa shape index (κ1) is 47.7. The van der Waals surface area contributed by atoms with Crippen LogP contribution in [0.25, 0.3) is 0 Å². The maximum Gasteiger partial charge on any atom is 0.309 e. The summed E-state index contributed by atoms with van der Waals surface area (Å²) in [6.45, 7) is 0. The van der Waals surface area contributed by atoms with Crippen LogP contribution >= 0.6 is 0 Å². The summed E-state index contributed by atoms with van der Waals surface area (Å²) in [7, 11) is 0. The quantitative estimate of drug-likeness (QED) is 0.0526. The largest absolute Gasteiger partial charge is 1.00 e. The summed E-state index contributed by atoms with van der Waals surface area (Å²) < 4.78 is 12.2. The molecule has 0 aromatic heterocycles. The van der Waals surface area contributed by atoms with Crippen LogP contribution in [0.3, 0.4) is 0 Å². The minimum Gasteiger partial charge on any atom is -1.00 e. The van der Waals surface area contributed by atoms with Gasteiger partial charge in [-0.25, -0.2) is 0 Å². The summed E-state index contributed by atoms with van der Waals surface area (Å²) in [6, 6.07) is 14.9. The van der Waals surface area contributed by atoms with Crippen molar-refractivity contribution in [2.75, 3.05) is 0 Å². The zero-order valence-corrected chi connectivity index (χ0v) is 36.5. The standard InChI is InChI=1S/C48H48N2O12.2ClH/c49-25-17-13-23(14-18-25)47(59)61-35(31-21-33(51)37-39(45(31)57)43(55)29-9-3-1-7-27(29)41(37)53)11-5-6-12-36(62-48(60)24-15-19-26(50)20-16-24)32-22-34(52)38-40(46(32)58)44(56)30-10-4-2-8-28(30)42(38)54;;/h1-4,7-10,21-26,35-36,51-52,57-58H,5-6,11-20,49-50H2;2*1H. The third kappa shape index (κ3) is 8.84. The SMILES string of the molecule is [Cl-].[Cl-].[NH3+]C1CCC(C(=O)OC(CCCCC(OC(=O)C2CCC([NH3+])CC2)c2cc(O)c3c(c2O)C(=O)c2ccccc2C3=O)c2cc(O)c3c(c2O)C(=O)c2ccccc2C3=O)CC1. The van der Waals surface area contributed by atoms with E-state index in [0.29, 0.717) is 25.7 Å². The summed E-state index contributed by atoms with van der Waals surface area (Å²) in [5.41, 5.74) is 6.89. The van der Waals surface area contributed by atoms with Gasteiger partial charge in [-0.2, -0.15) is 0 Å². The summed E-state index contributed by atoms with van der Waals surface area (Å²) in [4.78, 5) is 82.0. The van der Waals surface area contributed by atoms with E-state index in [0.717, 1.165) is 37.8 Å². The van der Waals surface area contributed by atoms with Gasteiger partial charge in [-0.15, -0.1) is 0 Å². The van der Waals surface area contributed by atoms with Gasteiger partial charge in [0.1, 0.15) is 35.2 Å². The molecular formula is C48H50Cl2N2O12. The molecule has 4 aromatic carbocycles. The van der Waals surface area contributed by atoms with Gasteiger partial charge >= 0.3 is 11.9 Å². The van der Waals surface area contributed by atoms with Gasteiger partial charge in [0.05, 0.1) is 46.2 Å². The van der Waals surface area contributed by atoms with Crippen molar-refractivity contribution in [3.63, 3.8) is 0 Å². The van der Waals surface area contributed by atoms with Crippen LogP contribution in [0, 0.1) is 11.8 Å². The lowest BCUT2D eigenvalue weighted by molar-refractivity contribution is -0.426. The second kappa shape index (κ2) is 19.5. The number of phenols is 4. The molecule has 16 heteroatoms. The van der Waals surface area contributed by atoms with E-state index < -0.39 is 82.1 Å². The molecule has 2 atom stereocenters. The number of ketones is 4. The molecule has 0 heterocycles. The molecule has 0 amide bonds. The molecule has 4 aliphatic rings. The minimum atomic E-state index is -1.19. The Morgan fingerprint density at radius 2 is 0.812 bits per heavy atom. The Morgan fingerprint density at radius 1 is 0.516 bits per heavy atom. The topological polar surface area (TPSA) is 257 Å². The van der Waals surface area contributed by atoms with Crippen molar-refractivity contribution in [1.82, 2.24) is 0 Å². The smallest absolute Gasteiger partial charge is 0.309 e. The Hall–Kier alpha value is -5.80. The number of hydrogen-bond donors (Lipinski definition) is 6. The molecule has 2 fully saturated rings. The molecule has 338 valence electrons. The Bertz CT molecular complexity index is 2350. The number of ether oxygens (including phenoxy) is 2. The number of esters is 2. The molecule has 4 aliphatic carbocycles.